The second-order valence-corrected chi connectivity index (χ2v) is 6.68. The molecule has 3 rings (SSSR count). The summed E-state index contributed by atoms with van der Waals surface area (Å²) in [5, 5.41) is 2.92. The molecular formula is C19H20BrNO4. The van der Waals surface area contributed by atoms with Crippen LogP contribution in [0.25, 0.3) is 0 Å². The fourth-order valence-electron chi connectivity index (χ4n) is 2.81. The van der Waals surface area contributed by atoms with E-state index in [-0.39, 0.29) is 12.0 Å². The average molecular weight is 406 g/mol. The number of rotatable bonds is 5. The van der Waals surface area contributed by atoms with Gasteiger partial charge in [-0.3, -0.25) is 4.79 Å². The summed E-state index contributed by atoms with van der Waals surface area (Å²) in [5.74, 6) is 1.89. The molecule has 0 bridgehead atoms. The lowest BCUT2D eigenvalue weighted by Crippen LogP contribution is -2.13. The third kappa shape index (κ3) is 3.74. The van der Waals surface area contributed by atoms with Gasteiger partial charge in [-0.05, 0) is 54.0 Å². The minimum absolute atomic E-state index is 0.132. The van der Waals surface area contributed by atoms with Gasteiger partial charge in [-0.2, -0.15) is 0 Å². The van der Waals surface area contributed by atoms with E-state index in [1.165, 1.54) is 0 Å². The molecule has 0 saturated heterocycles. The maximum absolute atomic E-state index is 12.6. The number of nitrogens with one attached hydrogen (secondary N) is 1. The van der Waals surface area contributed by atoms with E-state index in [0.29, 0.717) is 29.4 Å². The number of benzene rings is 2. The molecule has 25 heavy (non-hydrogen) atoms. The van der Waals surface area contributed by atoms with Crippen LogP contribution in [0.3, 0.4) is 0 Å². The maximum Gasteiger partial charge on any atom is 0.255 e. The molecule has 1 N–H and O–H groups in total. The fourth-order valence-corrected chi connectivity index (χ4v) is 3.35. The van der Waals surface area contributed by atoms with Crippen LogP contribution in [-0.2, 0) is 6.42 Å². The molecule has 0 aliphatic carbocycles. The third-order valence-corrected chi connectivity index (χ3v) is 4.58. The molecular weight excluding hydrogens is 386 g/mol. The Labute approximate surface area is 155 Å². The van der Waals surface area contributed by atoms with Gasteiger partial charge in [0.1, 0.15) is 23.4 Å². The standard InChI is InChI=1S/C19H20BrNO4/c1-4-24-18-9-13-7-11(2)25-17(13)10-15(18)21-19(22)12-5-6-16(23-3)14(20)8-12/h5-6,8-11H,4,7H2,1-3H3,(H,21,22). The summed E-state index contributed by atoms with van der Waals surface area (Å²) in [6.07, 6.45) is 0.975. The van der Waals surface area contributed by atoms with E-state index < -0.39 is 0 Å². The number of anilines is 1. The monoisotopic (exact) mass is 405 g/mol. The molecule has 1 heterocycles. The van der Waals surface area contributed by atoms with Gasteiger partial charge in [0.2, 0.25) is 0 Å². The van der Waals surface area contributed by atoms with Crippen molar-refractivity contribution in [1.82, 2.24) is 0 Å². The van der Waals surface area contributed by atoms with Gasteiger partial charge in [0, 0.05) is 23.6 Å². The predicted octanol–water partition coefficient (Wildman–Crippen LogP) is 4.43. The van der Waals surface area contributed by atoms with Crippen molar-refractivity contribution in [1.29, 1.82) is 0 Å². The fraction of sp³-hybridized carbons (Fsp3) is 0.316. The van der Waals surface area contributed by atoms with Gasteiger partial charge in [0.05, 0.1) is 23.9 Å². The van der Waals surface area contributed by atoms with Crippen molar-refractivity contribution in [2.75, 3.05) is 19.0 Å². The van der Waals surface area contributed by atoms with Crippen molar-refractivity contribution in [2.24, 2.45) is 0 Å². The molecule has 1 aliphatic heterocycles. The zero-order chi connectivity index (χ0) is 18.0. The molecule has 0 aromatic heterocycles. The zero-order valence-corrected chi connectivity index (χ0v) is 16.0. The van der Waals surface area contributed by atoms with Gasteiger partial charge in [0.15, 0.2) is 0 Å². The number of methoxy groups -OCH3 is 1. The molecule has 0 saturated carbocycles. The highest BCUT2D eigenvalue weighted by molar-refractivity contribution is 9.10. The highest BCUT2D eigenvalue weighted by Crippen LogP contribution is 2.38. The molecule has 6 heteroatoms. The number of fused-ring (bicyclic) bond motifs is 1. The number of carbonyl (C=O) groups is 1. The number of ether oxygens (including phenoxy) is 3. The maximum atomic E-state index is 12.6. The number of amides is 1. The van der Waals surface area contributed by atoms with Crippen LogP contribution < -0.4 is 19.5 Å². The van der Waals surface area contributed by atoms with Gasteiger partial charge >= 0.3 is 0 Å². The summed E-state index contributed by atoms with van der Waals surface area (Å²) in [4.78, 5) is 12.6. The van der Waals surface area contributed by atoms with Crippen LogP contribution in [0.4, 0.5) is 5.69 Å². The first-order valence-corrected chi connectivity index (χ1v) is 8.92. The van der Waals surface area contributed by atoms with E-state index in [1.54, 1.807) is 25.3 Å². The van der Waals surface area contributed by atoms with Crippen LogP contribution in [0.2, 0.25) is 0 Å². The van der Waals surface area contributed by atoms with Crippen LogP contribution in [0.5, 0.6) is 17.2 Å². The smallest absolute Gasteiger partial charge is 0.255 e. The zero-order valence-electron chi connectivity index (χ0n) is 14.4. The van der Waals surface area contributed by atoms with E-state index in [0.717, 1.165) is 22.2 Å². The van der Waals surface area contributed by atoms with Crippen LogP contribution in [0, 0.1) is 0 Å². The van der Waals surface area contributed by atoms with Gasteiger partial charge in [-0.15, -0.1) is 0 Å². The Bertz CT molecular complexity index is 806. The van der Waals surface area contributed by atoms with Crippen molar-refractivity contribution in [2.45, 2.75) is 26.4 Å². The third-order valence-electron chi connectivity index (χ3n) is 3.96. The summed E-state index contributed by atoms with van der Waals surface area (Å²) in [6, 6.07) is 8.96. The van der Waals surface area contributed by atoms with E-state index in [9.17, 15) is 4.79 Å². The minimum atomic E-state index is -0.227. The second-order valence-electron chi connectivity index (χ2n) is 5.83. The first kappa shape index (κ1) is 17.6. The summed E-state index contributed by atoms with van der Waals surface area (Å²) < 4.78 is 17.4. The molecule has 0 radical (unpaired) electrons. The van der Waals surface area contributed by atoms with Crippen LogP contribution in [0.15, 0.2) is 34.8 Å². The van der Waals surface area contributed by atoms with E-state index in [1.807, 2.05) is 26.0 Å². The molecule has 5 nitrogen and oxygen atoms in total. The molecule has 1 unspecified atom stereocenters. The lowest BCUT2D eigenvalue weighted by atomic mass is 10.1. The number of halogens is 1. The number of hydrogen-bond donors (Lipinski definition) is 1. The van der Waals surface area contributed by atoms with Crippen LogP contribution >= 0.6 is 15.9 Å². The van der Waals surface area contributed by atoms with Gasteiger partial charge in [0.25, 0.3) is 5.91 Å². The predicted molar refractivity (Wildman–Crippen MR) is 100 cm³/mol. The summed E-state index contributed by atoms with van der Waals surface area (Å²) in [6.45, 7) is 4.46. The van der Waals surface area contributed by atoms with Crippen molar-refractivity contribution in [3.05, 3.63) is 45.9 Å². The topological polar surface area (TPSA) is 56.8 Å². The molecule has 1 amide bonds. The Hall–Kier alpha value is -2.21. The van der Waals surface area contributed by atoms with Crippen molar-refractivity contribution in [3.63, 3.8) is 0 Å². The lowest BCUT2D eigenvalue weighted by Gasteiger charge is -2.14. The van der Waals surface area contributed by atoms with E-state index in [2.05, 4.69) is 21.2 Å². The highest BCUT2D eigenvalue weighted by atomic mass is 79.9. The Morgan fingerprint density at radius 3 is 2.80 bits per heavy atom. The van der Waals surface area contributed by atoms with Gasteiger partial charge < -0.3 is 19.5 Å². The first-order chi connectivity index (χ1) is 12.0. The summed E-state index contributed by atoms with van der Waals surface area (Å²) >= 11 is 3.40. The van der Waals surface area contributed by atoms with Crippen LogP contribution in [-0.4, -0.2) is 25.7 Å². The number of hydrogen-bond acceptors (Lipinski definition) is 4. The lowest BCUT2D eigenvalue weighted by molar-refractivity contribution is 0.102. The number of carbonyl (C=O) groups excluding carboxylic acids is 1. The van der Waals surface area contributed by atoms with Gasteiger partial charge in [-0.1, -0.05) is 0 Å². The first-order valence-electron chi connectivity index (χ1n) is 8.13. The quantitative estimate of drug-likeness (QED) is 0.798. The Morgan fingerprint density at radius 1 is 1.32 bits per heavy atom. The molecule has 0 spiro atoms. The largest absolute Gasteiger partial charge is 0.496 e. The summed E-state index contributed by atoms with van der Waals surface area (Å²) in [5.41, 5.74) is 2.22. The van der Waals surface area contributed by atoms with Crippen molar-refractivity contribution >= 4 is 27.5 Å². The normalized spacial score (nSPS) is 15.3. The Kier molecular flexibility index (Phi) is 5.18. The molecule has 2 aromatic carbocycles. The Balaban J connectivity index is 1.87. The average Bonchev–Trinajstić information content (AvgIpc) is 2.94. The van der Waals surface area contributed by atoms with Crippen molar-refractivity contribution in [3.8, 4) is 17.2 Å². The van der Waals surface area contributed by atoms with E-state index in [4.69, 9.17) is 14.2 Å². The minimum Gasteiger partial charge on any atom is -0.496 e. The van der Waals surface area contributed by atoms with Crippen molar-refractivity contribution < 1.29 is 19.0 Å². The molecule has 0 fully saturated rings. The SMILES string of the molecule is CCOc1cc2c(cc1NC(=O)c1ccc(OC)c(Br)c1)OC(C)C2. The Morgan fingerprint density at radius 2 is 2.12 bits per heavy atom. The van der Waals surface area contributed by atoms with Crippen LogP contribution in [0.1, 0.15) is 29.8 Å². The highest BCUT2D eigenvalue weighted by Gasteiger charge is 2.23. The molecule has 2 aromatic rings. The molecule has 1 aliphatic rings. The van der Waals surface area contributed by atoms with E-state index >= 15 is 0 Å². The second kappa shape index (κ2) is 7.35. The summed E-state index contributed by atoms with van der Waals surface area (Å²) in [7, 11) is 1.58. The van der Waals surface area contributed by atoms with Gasteiger partial charge in [-0.25, -0.2) is 0 Å². The molecule has 132 valence electrons. The molecule has 1 atom stereocenters.